The van der Waals surface area contributed by atoms with Gasteiger partial charge < -0.3 is 5.32 Å². The summed E-state index contributed by atoms with van der Waals surface area (Å²) in [6, 6.07) is 0.881. The van der Waals surface area contributed by atoms with Crippen LogP contribution in [0.1, 0.15) is 45.4 Å². The third-order valence-electron chi connectivity index (χ3n) is 4.34. The van der Waals surface area contributed by atoms with Crippen molar-refractivity contribution in [2.45, 2.75) is 51.5 Å². The molecule has 2 rings (SSSR count). The quantitative estimate of drug-likeness (QED) is 0.563. The van der Waals surface area contributed by atoms with Crippen molar-refractivity contribution in [2.24, 2.45) is 5.92 Å². The molecule has 1 heterocycles. The molecule has 0 bridgehead atoms. The van der Waals surface area contributed by atoms with Crippen LogP contribution in [0, 0.1) is 5.92 Å². The number of hydrogen-bond donors (Lipinski definition) is 1. The second-order valence-corrected chi connectivity index (χ2v) is 5.80. The van der Waals surface area contributed by atoms with Crippen LogP contribution in [-0.4, -0.2) is 37.1 Å². The lowest BCUT2D eigenvalue weighted by molar-refractivity contribution is 0.124. The Morgan fingerprint density at radius 1 is 1.29 bits per heavy atom. The molecule has 0 spiro atoms. The molecule has 0 aromatic heterocycles. The normalized spacial score (nSPS) is 29.2. The summed E-state index contributed by atoms with van der Waals surface area (Å²) in [5.74, 6) is 1.00. The summed E-state index contributed by atoms with van der Waals surface area (Å²) in [5.41, 5.74) is 1.37. The Labute approximate surface area is 106 Å². The van der Waals surface area contributed by atoms with Crippen molar-refractivity contribution < 1.29 is 0 Å². The molecule has 1 saturated carbocycles. The van der Waals surface area contributed by atoms with Crippen molar-refractivity contribution in [3.05, 3.63) is 12.2 Å². The smallest absolute Gasteiger partial charge is 0.0205 e. The Morgan fingerprint density at radius 2 is 2.12 bits per heavy atom. The van der Waals surface area contributed by atoms with Crippen LogP contribution in [-0.2, 0) is 0 Å². The summed E-state index contributed by atoms with van der Waals surface area (Å²) in [5, 5.41) is 3.46. The second kappa shape index (κ2) is 6.55. The Balaban J connectivity index is 1.75. The van der Waals surface area contributed by atoms with Gasteiger partial charge in [0.1, 0.15) is 0 Å². The first-order valence-corrected chi connectivity index (χ1v) is 7.42. The number of nitrogens with one attached hydrogen (secondary N) is 1. The van der Waals surface area contributed by atoms with Crippen molar-refractivity contribution in [3.63, 3.8) is 0 Å². The van der Waals surface area contributed by atoms with E-state index in [1.54, 1.807) is 0 Å². The van der Waals surface area contributed by atoms with E-state index in [0.29, 0.717) is 0 Å². The molecule has 2 heteroatoms. The maximum atomic E-state index is 4.23. The number of rotatable bonds is 6. The summed E-state index contributed by atoms with van der Waals surface area (Å²) in [6.07, 6.45) is 8.44. The SMILES string of the molecule is C=C(CNCCC)CN1CCCC2CCCC21. The van der Waals surface area contributed by atoms with Gasteiger partial charge in [0.05, 0.1) is 0 Å². The fourth-order valence-electron chi connectivity index (χ4n) is 3.54. The van der Waals surface area contributed by atoms with Crippen LogP contribution in [0.25, 0.3) is 0 Å². The van der Waals surface area contributed by atoms with Gasteiger partial charge in [-0.25, -0.2) is 0 Å². The minimum Gasteiger partial charge on any atom is -0.313 e. The van der Waals surface area contributed by atoms with Gasteiger partial charge in [0.2, 0.25) is 0 Å². The van der Waals surface area contributed by atoms with Gasteiger partial charge in [-0.15, -0.1) is 0 Å². The zero-order valence-electron chi connectivity index (χ0n) is 11.4. The van der Waals surface area contributed by atoms with Crippen LogP contribution >= 0.6 is 0 Å². The first-order chi connectivity index (χ1) is 8.31. The predicted octanol–water partition coefficient (Wildman–Crippen LogP) is 2.81. The zero-order valence-corrected chi connectivity index (χ0v) is 11.4. The summed E-state index contributed by atoms with van der Waals surface area (Å²) in [6.45, 7) is 11.0. The molecular formula is C15H28N2. The molecule has 0 aromatic carbocycles. The molecule has 2 aliphatic rings. The number of hydrogen-bond acceptors (Lipinski definition) is 2. The third kappa shape index (κ3) is 3.56. The Bertz CT molecular complexity index is 249. The van der Waals surface area contributed by atoms with Gasteiger partial charge in [-0.3, -0.25) is 4.90 Å². The van der Waals surface area contributed by atoms with Crippen molar-refractivity contribution in [3.8, 4) is 0 Å². The standard InChI is InChI=1S/C15H28N2/c1-3-9-16-11-13(2)12-17-10-5-7-14-6-4-8-15(14)17/h14-16H,2-12H2,1H3. The van der Waals surface area contributed by atoms with Crippen molar-refractivity contribution >= 4 is 0 Å². The molecule has 98 valence electrons. The minimum absolute atomic E-state index is 0.881. The molecule has 17 heavy (non-hydrogen) atoms. The maximum absolute atomic E-state index is 4.23. The van der Waals surface area contributed by atoms with Crippen LogP contribution in [0.5, 0.6) is 0 Å². The van der Waals surface area contributed by atoms with E-state index < -0.39 is 0 Å². The molecule has 2 unspecified atom stereocenters. The fraction of sp³-hybridized carbons (Fsp3) is 0.867. The van der Waals surface area contributed by atoms with Gasteiger partial charge >= 0.3 is 0 Å². The number of nitrogens with zero attached hydrogens (tertiary/aromatic N) is 1. The van der Waals surface area contributed by atoms with E-state index >= 15 is 0 Å². The van der Waals surface area contributed by atoms with Crippen LogP contribution in [0.4, 0.5) is 0 Å². The highest BCUT2D eigenvalue weighted by molar-refractivity contribution is 5.02. The molecule has 1 N–H and O–H groups in total. The zero-order chi connectivity index (χ0) is 12.1. The van der Waals surface area contributed by atoms with Crippen LogP contribution in [0.3, 0.4) is 0 Å². The minimum atomic E-state index is 0.881. The van der Waals surface area contributed by atoms with E-state index in [1.165, 1.54) is 50.6 Å². The van der Waals surface area contributed by atoms with Crippen LogP contribution < -0.4 is 5.32 Å². The molecule has 0 radical (unpaired) electrons. The van der Waals surface area contributed by atoms with Gasteiger partial charge in [-0.1, -0.05) is 19.9 Å². The second-order valence-electron chi connectivity index (χ2n) is 5.80. The Kier molecular flexibility index (Phi) is 5.05. The van der Waals surface area contributed by atoms with E-state index in [0.717, 1.165) is 31.6 Å². The monoisotopic (exact) mass is 236 g/mol. The van der Waals surface area contributed by atoms with Crippen LogP contribution in [0.2, 0.25) is 0 Å². The summed E-state index contributed by atoms with van der Waals surface area (Å²) < 4.78 is 0. The largest absolute Gasteiger partial charge is 0.313 e. The molecule has 2 atom stereocenters. The van der Waals surface area contributed by atoms with E-state index in [9.17, 15) is 0 Å². The first kappa shape index (κ1) is 13.1. The average Bonchev–Trinajstić information content (AvgIpc) is 2.78. The maximum Gasteiger partial charge on any atom is 0.0205 e. The van der Waals surface area contributed by atoms with E-state index in [-0.39, 0.29) is 0 Å². The molecule has 0 aromatic rings. The molecule has 1 aliphatic heterocycles. The summed E-state index contributed by atoms with van der Waals surface area (Å²) >= 11 is 0. The van der Waals surface area contributed by atoms with E-state index in [2.05, 4.69) is 23.7 Å². The number of piperidine rings is 1. The Hall–Kier alpha value is -0.340. The van der Waals surface area contributed by atoms with Crippen molar-refractivity contribution in [1.29, 1.82) is 0 Å². The predicted molar refractivity (Wildman–Crippen MR) is 74.2 cm³/mol. The summed E-state index contributed by atoms with van der Waals surface area (Å²) in [7, 11) is 0. The topological polar surface area (TPSA) is 15.3 Å². The highest BCUT2D eigenvalue weighted by atomic mass is 15.2. The van der Waals surface area contributed by atoms with Gasteiger partial charge in [-0.05, 0) is 56.7 Å². The van der Waals surface area contributed by atoms with E-state index in [4.69, 9.17) is 0 Å². The van der Waals surface area contributed by atoms with Gasteiger partial charge in [-0.2, -0.15) is 0 Å². The number of fused-ring (bicyclic) bond motifs is 1. The molecule has 1 saturated heterocycles. The fourth-order valence-corrected chi connectivity index (χ4v) is 3.54. The first-order valence-electron chi connectivity index (χ1n) is 7.42. The van der Waals surface area contributed by atoms with Gasteiger partial charge in [0.25, 0.3) is 0 Å². The lowest BCUT2D eigenvalue weighted by Gasteiger charge is -2.38. The molecular weight excluding hydrogens is 208 g/mol. The third-order valence-corrected chi connectivity index (χ3v) is 4.34. The van der Waals surface area contributed by atoms with Crippen molar-refractivity contribution in [1.82, 2.24) is 10.2 Å². The van der Waals surface area contributed by atoms with Gasteiger partial charge in [0.15, 0.2) is 0 Å². The Morgan fingerprint density at radius 3 is 2.94 bits per heavy atom. The summed E-state index contributed by atoms with van der Waals surface area (Å²) in [4.78, 5) is 2.71. The van der Waals surface area contributed by atoms with Crippen molar-refractivity contribution in [2.75, 3.05) is 26.2 Å². The number of likely N-dealkylation sites (tertiary alicyclic amines) is 1. The van der Waals surface area contributed by atoms with E-state index in [1.807, 2.05) is 0 Å². The average molecular weight is 236 g/mol. The molecule has 2 nitrogen and oxygen atoms in total. The highest BCUT2D eigenvalue weighted by Crippen LogP contribution is 2.36. The lowest BCUT2D eigenvalue weighted by Crippen LogP contribution is -2.44. The highest BCUT2D eigenvalue weighted by Gasteiger charge is 2.34. The molecule has 0 amide bonds. The lowest BCUT2D eigenvalue weighted by atomic mass is 9.91. The van der Waals surface area contributed by atoms with Crippen LogP contribution in [0.15, 0.2) is 12.2 Å². The molecule has 2 fully saturated rings. The molecule has 1 aliphatic carbocycles. The van der Waals surface area contributed by atoms with Gasteiger partial charge in [0, 0.05) is 19.1 Å².